The molecule has 0 saturated carbocycles. The summed E-state index contributed by atoms with van der Waals surface area (Å²) in [5.41, 5.74) is 2.10. The fourth-order valence-electron chi connectivity index (χ4n) is 3.49. The van der Waals surface area contributed by atoms with E-state index in [0.717, 1.165) is 38.8 Å². The van der Waals surface area contributed by atoms with Crippen molar-refractivity contribution in [2.75, 3.05) is 5.32 Å². The molecule has 1 N–H and O–H groups in total. The van der Waals surface area contributed by atoms with Crippen molar-refractivity contribution in [2.45, 2.75) is 13.8 Å². The van der Waals surface area contributed by atoms with Crippen LogP contribution in [0.4, 0.5) is 17.1 Å². The maximum atomic E-state index is 12.8. The van der Waals surface area contributed by atoms with Gasteiger partial charge in [0, 0.05) is 33.3 Å². The summed E-state index contributed by atoms with van der Waals surface area (Å²) in [5, 5.41) is 26.0. The van der Waals surface area contributed by atoms with Gasteiger partial charge in [0.05, 0.1) is 27.2 Å². The van der Waals surface area contributed by atoms with Gasteiger partial charge in [0.25, 0.3) is 17.3 Å². The lowest BCUT2D eigenvalue weighted by Crippen LogP contribution is -2.14. The molecule has 4 aromatic rings. The van der Waals surface area contributed by atoms with E-state index in [1.807, 2.05) is 49.4 Å². The van der Waals surface area contributed by atoms with Crippen LogP contribution in [0.3, 0.4) is 0 Å². The van der Waals surface area contributed by atoms with Gasteiger partial charge < -0.3 is 5.32 Å². The molecule has 1 aromatic heterocycles. The number of thiazole rings is 1. The van der Waals surface area contributed by atoms with Gasteiger partial charge in [0.2, 0.25) is 0 Å². The molecule has 0 atom stereocenters. The molecule has 34 heavy (non-hydrogen) atoms. The van der Waals surface area contributed by atoms with Crippen LogP contribution in [0.5, 0.6) is 0 Å². The topological polar surface area (TPSA) is 128 Å². The van der Waals surface area contributed by atoms with E-state index in [-0.39, 0.29) is 11.1 Å². The molecule has 0 unspecified atom stereocenters. The largest absolute Gasteiger partial charge is 0.322 e. The molecule has 4 rings (SSSR count). The summed E-state index contributed by atoms with van der Waals surface area (Å²) in [6.07, 6.45) is 0. The fraction of sp³-hybridized carbons (Fsp3) is 0.0833. The second-order valence-electron chi connectivity index (χ2n) is 7.47. The summed E-state index contributed by atoms with van der Waals surface area (Å²) in [5.74, 6) is -0.673. The lowest BCUT2D eigenvalue weighted by atomic mass is 10.0. The zero-order valence-electron chi connectivity index (χ0n) is 18.1. The molecule has 0 spiro atoms. The maximum Gasteiger partial charge on any atom is 0.279 e. The van der Waals surface area contributed by atoms with Crippen LogP contribution in [0.15, 0.2) is 66.7 Å². The van der Waals surface area contributed by atoms with E-state index < -0.39 is 27.1 Å². The van der Waals surface area contributed by atoms with E-state index in [9.17, 15) is 25.0 Å². The summed E-state index contributed by atoms with van der Waals surface area (Å²) in [6.45, 7) is 3.38. The molecule has 0 fully saturated rings. The first-order valence-corrected chi connectivity index (χ1v) is 10.9. The second kappa shape index (κ2) is 9.20. The van der Waals surface area contributed by atoms with Crippen molar-refractivity contribution in [2.24, 2.45) is 0 Å². The highest BCUT2D eigenvalue weighted by Gasteiger charge is 2.24. The predicted molar refractivity (Wildman–Crippen MR) is 130 cm³/mol. The molecule has 0 saturated heterocycles. The van der Waals surface area contributed by atoms with Crippen molar-refractivity contribution in [1.29, 1.82) is 0 Å². The molecule has 0 aliphatic rings. The number of rotatable bonds is 6. The van der Waals surface area contributed by atoms with E-state index in [2.05, 4.69) is 5.32 Å². The number of amides is 1. The third-order valence-electron chi connectivity index (χ3n) is 5.25. The molecular formula is C24H18N4O5S. The van der Waals surface area contributed by atoms with Gasteiger partial charge >= 0.3 is 0 Å². The zero-order valence-corrected chi connectivity index (χ0v) is 19.0. The van der Waals surface area contributed by atoms with E-state index in [0.29, 0.717) is 5.69 Å². The van der Waals surface area contributed by atoms with Gasteiger partial charge in [-0.05, 0) is 26.0 Å². The number of hydrogen-bond donors (Lipinski definition) is 1. The minimum atomic E-state index is -0.766. The number of aryl methyl sites for hydroxylation is 1. The normalized spacial score (nSPS) is 10.6. The maximum absolute atomic E-state index is 12.8. The van der Waals surface area contributed by atoms with Crippen molar-refractivity contribution in [3.63, 3.8) is 0 Å². The number of nitrogens with one attached hydrogen (secondary N) is 1. The Morgan fingerprint density at radius 1 is 0.912 bits per heavy atom. The quantitative estimate of drug-likeness (QED) is 0.263. The van der Waals surface area contributed by atoms with Gasteiger partial charge in [0.1, 0.15) is 5.01 Å². The van der Waals surface area contributed by atoms with Crippen LogP contribution >= 0.6 is 11.3 Å². The first-order valence-electron chi connectivity index (χ1n) is 10.1. The van der Waals surface area contributed by atoms with Gasteiger partial charge in [-0.15, -0.1) is 11.3 Å². The van der Waals surface area contributed by atoms with Gasteiger partial charge in [-0.3, -0.25) is 25.0 Å². The van der Waals surface area contributed by atoms with Crippen LogP contribution in [-0.4, -0.2) is 20.7 Å². The number of non-ortho nitro benzene ring substituents is 1. The van der Waals surface area contributed by atoms with Crippen LogP contribution in [0.1, 0.15) is 20.8 Å². The van der Waals surface area contributed by atoms with Crippen LogP contribution < -0.4 is 5.32 Å². The number of aromatic nitrogens is 1. The third-order valence-corrected chi connectivity index (χ3v) is 6.27. The second-order valence-corrected chi connectivity index (χ2v) is 8.68. The Hall–Kier alpha value is -4.44. The van der Waals surface area contributed by atoms with Crippen molar-refractivity contribution >= 4 is 34.3 Å². The van der Waals surface area contributed by atoms with E-state index >= 15 is 0 Å². The lowest BCUT2D eigenvalue weighted by Gasteiger charge is -2.09. The highest BCUT2D eigenvalue weighted by molar-refractivity contribution is 7.15. The first-order chi connectivity index (χ1) is 16.2. The predicted octanol–water partition coefficient (Wildman–Crippen LogP) is 6.16. The summed E-state index contributed by atoms with van der Waals surface area (Å²) in [7, 11) is 0. The van der Waals surface area contributed by atoms with Gasteiger partial charge in [-0.2, -0.15) is 0 Å². The van der Waals surface area contributed by atoms with Crippen LogP contribution in [0, 0.1) is 34.1 Å². The molecule has 0 aliphatic carbocycles. The van der Waals surface area contributed by atoms with Crippen molar-refractivity contribution in [3.8, 4) is 21.8 Å². The Morgan fingerprint density at radius 3 is 2.21 bits per heavy atom. The van der Waals surface area contributed by atoms with Crippen molar-refractivity contribution in [1.82, 2.24) is 4.98 Å². The number of nitrogens with zero attached hydrogens (tertiary/aromatic N) is 3. The highest BCUT2D eigenvalue weighted by atomic mass is 32.1. The van der Waals surface area contributed by atoms with Crippen LogP contribution in [-0.2, 0) is 0 Å². The molecule has 9 nitrogen and oxygen atoms in total. The average Bonchev–Trinajstić information content (AvgIpc) is 3.21. The molecule has 0 radical (unpaired) electrons. The summed E-state index contributed by atoms with van der Waals surface area (Å²) in [4.78, 5) is 39.5. The summed E-state index contributed by atoms with van der Waals surface area (Å²) >= 11 is 1.59. The number of carbonyl (C=O) groups is 1. The number of nitro benzene ring substituents is 2. The molecule has 0 bridgehead atoms. The molecule has 3 aromatic carbocycles. The Kier molecular flexibility index (Phi) is 6.15. The first kappa shape index (κ1) is 22.7. The minimum Gasteiger partial charge on any atom is -0.322 e. The molecule has 1 amide bonds. The van der Waals surface area contributed by atoms with E-state index in [4.69, 9.17) is 4.98 Å². The Labute approximate surface area is 198 Å². The summed E-state index contributed by atoms with van der Waals surface area (Å²) in [6, 6.07) is 18.8. The fourth-order valence-corrected chi connectivity index (χ4v) is 4.43. The lowest BCUT2D eigenvalue weighted by molar-refractivity contribution is -0.394. The number of carbonyl (C=O) groups excluding carboxylic acids is 1. The molecule has 170 valence electrons. The summed E-state index contributed by atoms with van der Waals surface area (Å²) < 4.78 is 0. The van der Waals surface area contributed by atoms with Crippen molar-refractivity contribution in [3.05, 3.63) is 103 Å². The van der Waals surface area contributed by atoms with Crippen molar-refractivity contribution < 1.29 is 14.6 Å². The molecule has 1 heterocycles. The third kappa shape index (κ3) is 4.52. The smallest absolute Gasteiger partial charge is 0.279 e. The van der Waals surface area contributed by atoms with Crippen LogP contribution in [0.25, 0.3) is 21.8 Å². The number of anilines is 1. The standard InChI is InChI=1S/C24H18N4O5S/c1-14-20(12-19(27(30)31)13-21(14)28(32)33)23(29)25-18-10-8-16(9-11-18)22-15(2)34-24(26-22)17-6-4-3-5-7-17/h3-13H,1-2H3,(H,25,29). The monoisotopic (exact) mass is 474 g/mol. The van der Waals surface area contributed by atoms with Gasteiger partial charge in [0.15, 0.2) is 0 Å². The molecule has 10 heteroatoms. The Balaban J connectivity index is 1.59. The van der Waals surface area contributed by atoms with Gasteiger partial charge in [-0.1, -0.05) is 42.5 Å². The van der Waals surface area contributed by atoms with E-state index in [1.165, 1.54) is 6.92 Å². The minimum absolute atomic E-state index is 0.0521. The van der Waals surface area contributed by atoms with Gasteiger partial charge in [-0.25, -0.2) is 4.98 Å². The number of hydrogen-bond acceptors (Lipinski definition) is 7. The molecule has 0 aliphatic heterocycles. The number of nitro groups is 2. The molecular weight excluding hydrogens is 456 g/mol. The zero-order chi connectivity index (χ0) is 24.4. The SMILES string of the molecule is Cc1sc(-c2ccccc2)nc1-c1ccc(NC(=O)c2cc([N+](=O)[O-])cc([N+](=O)[O-])c2C)cc1. The average molecular weight is 474 g/mol. The Bertz CT molecular complexity index is 1420. The highest BCUT2D eigenvalue weighted by Crippen LogP contribution is 2.34. The number of benzene rings is 3. The van der Waals surface area contributed by atoms with E-state index in [1.54, 1.807) is 23.5 Å². The Morgan fingerprint density at radius 2 is 1.59 bits per heavy atom. The van der Waals surface area contributed by atoms with Crippen LogP contribution in [0.2, 0.25) is 0 Å².